The second kappa shape index (κ2) is 4.43. The highest BCUT2D eigenvalue weighted by molar-refractivity contribution is 9.10. The van der Waals surface area contributed by atoms with E-state index in [1.807, 2.05) is 36.9 Å². The highest BCUT2D eigenvalue weighted by atomic mass is 79.9. The largest absolute Gasteiger partial charge is 0.369 e. The Bertz CT molecular complexity index is 504. The third-order valence-electron chi connectivity index (χ3n) is 2.51. The molecule has 2 aromatic rings. The van der Waals surface area contributed by atoms with E-state index >= 15 is 0 Å². The van der Waals surface area contributed by atoms with Gasteiger partial charge >= 0.3 is 0 Å². The summed E-state index contributed by atoms with van der Waals surface area (Å²) in [6, 6.07) is 6.00. The van der Waals surface area contributed by atoms with E-state index < -0.39 is 0 Å². The number of nitrogen functional groups attached to an aromatic ring is 1. The first-order valence-corrected chi connectivity index (χ1v) is 5.93. The Kier molecular flexibility index (Phi) is 3.16. The van der Waals surface area contributed by atoms with Crippen LogP contribution in [0.25, 0.3) is 11.0 Å². The van der Waals surface area contributed by atoms with Crippen molar-refractivity contribution in [3.63, 3.8) is 0 Å². The average Bonchev–Trinajstić information content (AvgIpc) is 2.51. The summed E-state index contributed by atoms with van der Waals surface area (Å²) in [6.07, 6.45) is 0. The number of nitrogens with zero attached hydrogens (tertiary/aromatic N) is 3. The van der Waals surface area contributed by atoms with Gasteiger partial charge in [0.2, 0.25) is 5.95 Å². The molecule has 0 fully saturated rings. The number of nitrogens with two attached hydrogens (primary N) is 1. The van der Waals surface area contributed by atoms with Gasteiger partial charge in [-0.15, -0.1) is 0 Å². The Morgan fingerprint density at radius 2 is 2.19 bits per heavy atom. The van der Waals surface area contributed by atoms with Crippen LogP contribution in [0, 0.1) is 0 Å². The Morgan fingerprint density at radius 1 is 1.44 bits per heavy atom. The van der Waals surface area contributed by atoms with Gasteiger partial charge in [-0.2, -0.15) is 0 Å². The first kappa shape index (κ1) is 11.4. The molecule has 1 heterocycles. The molecule has 4 nitrogen and oxygen atoms in total. The molecule has 0 aliphatic carbocycles. The van der Waals surface area contributed by atoms with Crippen LogP contribution < -0.4 is 5.73 Å². The fraction of sp³-hybridized carbons (Fsp3) is 0.364. The van der Waals surface area contributed by atoms with Crippen LogP contribution >= 0.6 is 15.9 Å². The highest BCUT2D eigenvalue weighted by Gasteiger charge is 2.08. The van der Waals surface area contributed by atoms with E-state index in [1.54, 1.807) is 0 Å². The van der Waals surface area contributed by atoms with Crippen LogP contribution in [0.5, 0.6) is 0 Å². The number of likely N-dealkylation sites (N-methyl/N-ethyl adjacent to an activating group) is 1. The minimum atomic E-state index is 0.579. The standard InChI is InChI=1S/C11H15BrN4/c1-15(2)5-6-16-10-7-8(12)3-4-9(10)14-11(16)13/h3-4,7H,5-6H2,1-2H3,(H2,13,14). The lowest BCUT2D eigenvalue weighted by Gasteiger charge is -2.11. The van der Waals surface area contributed by atoms with E-state index in [0.29, 0.717) is 5.95 Å². The van der Waals surface area contributed by atoms with Crippen molar-refractivity contribution >= 4 is 32.9 Å². The van der Waals surface area contributed by atoms with Gasteiger partial charge < -0.3 is 15.2 Å². The molecule has 0 amide bonds. The SMILES string of the molecule is CN(C)CCn1c(N)nc2ccc(Br)cc21. The number of benzene rings is 1. The topological polar surface area (TPSA) is 47.1 Å². The van der Waals surface area contributed by atoms with Crippen molar-refractivity contribution in [3.05, 3.63) is 22.7 Å². The van der Waals surface area contributed by atoms with Gasteiger partial charge in [-0.25, -0.2) is 4.98 Å². The summed E-state index contributed by atoms with van der Waals surface area (Å²) in [5, 5.41) is 0. The van der Waals surface area contributed by atoms with Gasteiger partial charge in [0, 0.05) is 17.6 Å². The van der Waals surface area contributed by atoms with Gasteiger partial charge in [0.25, 0.3) is 0 Å². The fourth-order valence-corrected chi connectivity index (χ4v) is 2.00. The molecule has 16 heavy (non-hydrogen) atoms. The predicted octanol–water partition coefficient (Wildman–Crippen LogP) is 1.94. The van der Waals surface area contributed by atoms with Crippen molar-refractivity contribution in [2.75, 3.05) is 26.4 Å². The van der Waals surface area contributed by atoms with Crippen LogP contribution in [0.15, 0.2) is 22.7 Å². The molecule has 0 bridgehead atoms. The van der Waals surface area contributed by atoms with Crippen LogP contribution in [-0.4, -0.2) is 35.1 Å². The Labute approximate surface area is 103 Å². The van der Waals surface area contributed by atoms with Gasteiger partial charge in [0.15, 0.2) is 0 Å². The van der Waals surface area contributed by atoms with E-state index in [-0.39, 0.29) is 0 Å². The summed E-state index contributed by atoms with van der Waals surface area (Å²) in [5.41, 5.74) is 7.93. The van der Waals surface area contributed by atoms with E-state index in [0.717, 1.165) is 28.6 Å². The third kappa shape index (κ3) is 2.20. The van der Waals surface area contributed by atoms with Crippen molar-refractivity contribution in [2.45, 2.75) is 6.54 Å². The first-order chi connectivity index (χ1) is 7.58. The number of imidazole rings is 1. The smallest absolute Gasteiger partial charge is 0.201 e. The number of fused-ring (bicyclic) bond motifs is 1. The molecule has 0 saturated carbocycles. The Balaban J connectivity index is 2.42. The summed E-state index contributed by atoms with van der Waals surface area (Å²) in [6.45, 7) is 1.80. The summed E-state index contributed by atoms with van der Waals surface area (Å²) in [7, 11) is 4.09. The maximum atomic E-state index is 5.91. The summed E-state index contributed by atoms with van der Waals surface area (Å²) < 4.78 is 3.09. The molecule has 1 aromatic heterocycles. The van der Waals surface area contributed by atoms with E-state index in [1.165, 1.54) is 0 Å². The van der Waals surface area contributed by atoms with E-state index in [9.17, 15) is 0 Å². The normalized spacial score (nSPS) is 11.5. The summed E-state index contributed by atoms with van der Waals surface area (Å²) >= 11 is 3.46. The predicted molar refractivity (Wildman–Crippen MR) is 70.4 cm³/mol. The lowest BCUT2D eigenvalue weighted by atomic mass is 10.3. The first-order valence-electron chi connectivity index (χ1n) is 5.14. The van der Waals surface area contributed by atoms with Gasteiger partial charge in [0.1, 0.15) is 0 Å². The number of halogens is 1. The monoisotopic (exact) mass is 282 g/mol. The molecule has 1 aromatic carbocycles. The highest BCUT2D eigenvalue weighted by Crippen LogP contribution is 2.21. The van der Waals surface area contributed by atoms with E-state index in [4.69, 9.17) is 5.73 Å². The zero-order valence-electron chi connectivity index (χ0n) is 9.44. The van der Waals surface area contributed by atoms with Crippen molar-refractivity contribution in [3.8, 4) is 0 Å². The molecule has 2 rings (SSSR count). The van der Waals surface area contributed by atoms with Crippen LogP contribution in [0.4, 0.5) is 5.95 Å². The van der Waals surface area contributed by atoms with Crippen molar-refractivity contribution in [2.24, 2.45) is 0 Å². The quantitative estimate of drug-likeness (QED) is 0.936. The molecule has 0 aliphatic heterocycles. The molecule has 0 saturated heterocycles. The summed E-state index contributed by atoms with van der Waals surface area (Å²) in [5.74, 6) is 0.579. The van der Waals surface area contributed by atoms with Crippen LogP contribution in [0.2, 0.25) is 0 Å². The number of anilines is 1. The average molecular weight is 283 g/mol. The third-order valence-corrected chi connectivity index (χ3v) is 3.00. The second-order valence-corrected chi connectivity index (χ2v) is 4.97. The molecular weight excluding hydrogens is 268 g/mol. The second-order valence-electron chi connectivity index (χ2n) is 4.06. The molecule has 0 radical (unpaired) electrons. The maximum Gasteiger partial charge on any atom is 0.201 e. The minimum absolute atomic E-state index is 0.579. The fourth-order valence-electron chi connectivity index (χ4n) is 1.65. The van der Waals surface area contributed by atoms with E-state index in [2.05, 4.69) is 25.8 Å². The molecule has 5 heteroatoms. The molecule has 2 N–H and O–H groups in total. The molecule has 0 spiro atoms. The molecule has 86 valence electrons. The maximum absolute atomic E-state index is 5.91. The van der Waals surface area contributed by atoms with Gasteiger partial charge in [-0.05, 0) is 32.3 Å². The van der Waals surface area contributed by atoms with Gasteiger partial charge in [0.05, 0.1) is 11.0 Å². The molecule has 0 aliphatic rings. The van der Waals surface area contributed by atoms with Crippen LogP contribution in [0.1, 0.15) is 0 Å². The Morgan fingerprint density at radius 3 is 2.88 bits per heavy atom. The van der Waals surface area contributed by atoms with Crippen molar-refractivity contribution in [1.29, 1.82) is 0 Å². The summed E-state index contributed by atoms with van der Waals surface area (Å²) in [4.78, 5) is 6.46. The van der Waals surface area contributed by atoms with Crippen molar-refractivity contribution in [1.82, 2.24) is 14.5 Å². The molecule has 0 unspecified atom stereocenters. The minimum Gasteiger partial charge on any atom is -0.369 e. The van der Waals surface area contributed by atoms with Crippen LogP contribution in [0.3, 0.4) is 0 Å². The number of hydrogen-bond acceptors (Lipinski definition) is 3. The number of rotatable bonds is 3. The molecule has 0 atom stereocenters. The zero-order valence-corrected chi connectivity index (χ0v) is 11.0. The number of hydrogen-bond donors (Lipinski definition) is 1. The zero-order chi connectivity index (χ0) is 11.7. The van der Waals surface area contributed by atoms with Gasteiger partial charge in [-0.3, -0.25) is 0 Å². The van der Waals surface area contributed by atoms with Crippen LogP contribution in [-0.2, 0) is 6.54 Å². The lowest BCUT2D eigenvalue weighted by Crippen LogP contribution is -2.19. The Hall–Kier alpha value is -1.07. The lowest BCUT2D eigenvalue weighted by molar-refractivity contribution is 0.387. The molecular formula is C11H15BrN4. The number of aromatic nitrogens is 2. The van der Waals surface area contributed by atoms with Crippen molar-refractivity contribution < 1.29 is 0 Å². The van der Waals surface area contributed by atoms with Gasteiger partial charge in [-0.1, -0.05) is 15.9 Å².